The van der Waals surface area contributed by atoms with Crippen LogP contribution in [0.2, 0.25) is 0 Å². The molecule has 3 aromatic heterocycles. The van der Waals surface area contributed by atoms with Crippen molar-refractivity contribution in [2.24, 2.45) is 5.92 Å². The zero-order chi connectivity index (χ0) is 26.4. The summed E-state index contributed by atoms with van der Waals surface area (Å²) in [5, 5.41) is 9.20. The Hall–Kier alpha value is -3.86. The Bertz CT molecular complexity index is 1560. The molecule has 0 radical (unpaired) electrons. The number of rotatable bonds is 5. The van der Waals surface area contributed by atoms with Gasteiger partial charge in [0.1, 0.15) is 5.82 Å². The molecule has 11 heteroatoms. The van der Waals surface area contributed by atoms with Gasteiger partial charge in [-0.15, -0.1) is 5.10 Å². The number of carbonyl (C=O) groups excluding carboxylic acids is 1. The standard InChI is InChI=1S/C27H26FN7O2S/c1-16-10-17(2)30-27(29-16)38-15-23-25(31-32-35(23)21-8-6-20(28)7-9-21)26(37)33-12-18-11-19(14-33)22-4-3-5-24(36)34(22)13-18/h3-10,18-19H,11-15H2,1-2H3. The van der Waals surface area contributed by atoms with Gasteiger partial charge in [-0.1, -0.05) is 23.0 Å². The van der Waals surface area contributed by atoms with Crippen LogP contribution < -0.4 is 5.56 Å². The van der Waals surface area contributed by atoms with Gasteiger partial charge in [-0.3, -0.25) is 9.59 Å². The highest BCUT2D eigenvalue weighted by Gasteiger charge is 2.38. The first kappa shape index (κ1) is 24.5. The number of nitrogens with zero attached hydrogens (tertiary/aromatic N) is 7. The van der Waals surface area contributed by atoms with Gasteiger partial charge in [-0.05, 0) is 62.6 Å². The molecule has 1 saturated heterocycles. The third kappa shape index (κ3) is 4.62. The molecule has 6 rings (SSSR count). The Morgan fingerprint density at radius 2 is 1.82 bits per heavy atom. The quantitative estimate of drug-likeness (QED) is 0.287. The zero-order valence-electron chi connectivity index (χ0n) is 21.0. The van der Waals surface area contributed by atoms with Crippen molar-refractivity contribution in [2.45, 2.75) is 43.6 Å². The maximum Gasteiger partial charge on any atom is 0.276 e. The highest BCUT2D eigenvalue weighted by molar-refractivity contribution is 7.98. The van der Waals surface area contributed by atoms with Gasteiger partial charge in [0.2, 0.25) is 0 Å². The zero-order valence-corrected chi connectivity index (χ0v) is 21.9. The Labute approximate surface area is 222 Å². The molecule has 38 heavy (non-hydrogen) atoms. The first-order chi connectivity index (χ1) is 18.4. The van der Waals surface area contributed by atoms with E-state index >= 15 is 0 Å². The number of fused-ring (bicyclic) bond motifs is 4. The third-order valence-corrected chi connectivity index (χ3v) is 7.96. The molecule has 0 spiro atoms. The van der Waals surface area contributed by atoms with Crippen molar-refractivity contribution >= 4 is 17.7 Å². The molecule has 4 aromatic rings. The number of thioether (sulfide) groups is 1. The molecule has 1 amide bonds. The number of pyridine rings is 1. The molecular weight excluding hydrogens is 505 g/mol. The van der Waals surface area contributed by atoms with Crippen molar-refractivity contribution in [1.29, 1.82) is 0 Å². The second-order valence-corrected chi connectivity index (χ2v) is 10.8. The van der Waals surface area contributed by atoms with E-state index in [0.29, 0.717) is 41.9 Å². The highest BCUT2D eigenvalue weighted by Crippen LogP contribution is 2.36. The van der Waals surface area contributed by atoms with Gasteiger partial charge in [0.15, 0.2) is 10.9 Å². The lowest BCUT2D eigenvalue weighted by atomic mass is 9.83. The number of benzene rings is 1. The maximum atomic E-state index is 13.9. The molecule has 0 aliphatic carbocycles. The van der Waals surface area contributed by atoms with Crippen molar-refractivity contribution in [1.82, 2.24) is 34.4 Å². The summed E-state index contributed by atoms with van der Waals surface area (Å²) in [7, 11) is 0. The lowest BCUT2D eigenvalue weighted by molar-refractivity contribution is 0.0588. The second kappa shape index (κ2) is 9.79. The molecule has 2 unspecified atom stereocenters. The molecule has 1 fully saturated rings. The monoisotopic (exact) mass is 531 g/mol. The van der Waals surface area contributed by atoms with Crippen LogP contribution in [0.4, 0.5) is 4.39 Å². The summed E-state index contributed by atoms with van der Waals surface area (Å²) < 4.78 is 17.0. The summed E-state index contributed by atoms with van der Waals surface area (Å²) in [6, 6.07) is 13.2. The Balaban J connectivity index is 1.32. The van der Waals surface area contributed by atoms with Gasteiger partial charge in [0, 0.05) is 54.5 Å². The molecule has 194 valence electrons. The van der Waals surface area contributed by atoms with Gasteiger partial charge >= 0.3 is 0 Å². The van der Waals surface area contributed by atoms with E-state index in [4.69, 9.17) is 0 Å². The smallest absolute Gasteiger partial charge is 0.276 e. The predicted octanol–water partition coefficient (Wildman–Crippen LogP) is 3.53. The highest BCUT2D eigenvalue weighted by atomic mass is 32.2. The number of halogens is 1. The fraction of sp³-hybridized carbons (Fsp3) is 0.333. The molecular formula is C27H26FN7O2S. The van der Waals surface area contributed by atoms with Gasteiger partial charge < -0.3 is 9.47 Å². The number of aromatic nitrogens is 6. The predicted molar refractivity (Wildman–Crippen MR) is 140 cm³/mol. The molecule has 2 aliphatic heterocycles. The molecule has 2 aliphatic rings. The van der Waals surface area contributed by atoms with Crippen molar-refractivity contribution in [3.8, 4) is 5.69 Å². The number of likely N-dealkylation sites (tertiary alicyclic amines) is 1. The summed E-state index contributed by atoms with van der Waals surface area (Å²) in [4.78, 5) is 37.1. The number of carbonyl (C=O) groups is 1. The molecule has 1 aromatic carbocycles. The number of aryl methyl sites for hydroxylation is 2. The fourth-order valence-electron chi connectivity index (χ4n) is 5.49. The minimum atomic E-state index is -0.357. The SMILES string of the molecule is Cc1cc(C)nc(SCc2c(C(=O)N3CC4CC(C3)c3cccc(=O)n3C4)nnn2-c2ccc(F)cc2)n1. The van der Waals surface area contributed by atoms with Crippen LogP contribution in [0, 0.1) is 25.6 Å². The summed E-state index contributed by atoms with van der Waals surface area (Å²) in [5.41, 5.74) is 4.18. The molecule has 0 saturated carbocycles. The summed E-state index contributed by atoms with van der Waals surface area (Å²) in [5.74, 6) is 0.0846. The average molecular weight is 532 g/mol. The molecule has 2 bridgehead atoms. The van der Waals surface area contributed by atoms with Crippen LogP contribution >= 0.6 is 11.8 Å². The Kier molecular flexibility index (Phi) is 6.30. The van der Waals surface area contributed by atoms with Gasteiger partial charge in [-0.2, -0.15) is 0 Å². The summed E-state index contributed by atoms with van der Waals surface area (Å²) >= 11 is 1.40. The van der Waals surface area contributed by atoms with Crippen molar-refractivity contribution in [3.05, 3.63) is 93.2 Å². The minimum absolute atomic E-state index is 0.00660. The van der Waals surface area contributed by atoms with Gasteiger partial charge in [-0.25, -0.2) is 19.0 Å². The lowest BCUT2D eigenvalue weighted by Crippen LogP contribution is -2.49. The largest absolute Gasteiger partial charge is 0.336 e. The van der Waals surface area contributed by atoms with Crippen LogP contribution in [0.15, 0.2) is 58.5 Å². The van der Waals surface area contributed by atoms with Crippen LogP contribution in [0.3, 0.4) is 0 Å². The maximum absolute atomic E-state index is 13.9. The van der Waals surface area contributed by atoms with E-state index in [1.54, 1.807) is 28.9 Å². The van der Waals surface area contributed by atoms with Crippen LogP contribution in [0.1, 0.15) is 45.6 Å². The number of hydrogen-bond acceptors (Lipinski definition) is 7. The third-order valence-electron chi connectivity index (χ3n) is 7.10. The van der Waals surface area contributed by atoms with Crippen LogP contribution in [-0.2, 0) is 12.3 Å². The number of hydrogen-bond donors (Lipinski definition) is 0. The van der Waals surface area contributed by atoms with Crippen LogP contribution in [0.5, 0.6) is 0 Å². The first-order valence-electron chi connectivity index (χ1n) is 12.5. The lowest BCUT2D eigenvalue weighted by Gasteiger charge is -2.42. The van der Waals surface area contributed by atoms with Crippen molar-refractivity contribution < 1.29 is 9.18 Å². The van der Waals surface area contributed by atoms with E-state index in [9.17, 15) is 14.0 Å². The van der Waals surface area contributed by atoms with E-state index in [-0.39, 0.29) is 34.8 Å². The van der Waals surface area contributed by atoms with Crippen LogP contribution in [-0.4, -0.2) is 53.4 Å². The Morgan fingerprint density at radius 3 is 2.58 bits per heavy atom. The average Bonchev–Trinajstić information content (AvgIpc) is 3.31. The number of amides is 1. The molecule has 2 atom stereocenters. The minimum Gasteiger partial charge on any atom is -0.336 e. The fourth-order valence-corrected chi connectivity index (χ4v) is 6.43. The van der Waals surface area contributed by atoms with E-state index in [0.717, 1.165) is 23.5 Å². The second-order valence-electron chi connectivity index (χ2n) is 9.90. The van der Waals surface area contributed by atoms with E-state index in [2.05, 4.69) is 20.3 Å². The van der Waals surface area contributed by atoms with Crippen molar-refractivity contribution in [2.75, 3.05) is 13.1 Å². The topological polar surface area (TPSA) is 98.8 Å². The van der Waals surface area contributed by atoms with E-state index < -0.39 is 0 Å². The Morgan fingerprint density at radius 1 is 1.05 bits per heavy atom. The normalized spacial score (nSPS) is 18.3. The van der Waals surface area contributed by atoms with E-state index in [1.807, 2.05) is 35.4 Å². The molecule has 0 N–H and O–H groups in total. The van der Waals surface area contributed by atoms with Gasteiger partial charge in [0.25, 0.3) is 11.5 Å². The van der Waals surface area contributed by atoms with Crippen molar-refractivity contribution in [3.63, 3.8) is 0 Å². The van der Waals surface area contributed by atoms with E-state index in [1.165, 1.54) is 23.9 Å². The molecule has 5 heterocycles. The van der Waals surface area contributed by atoms with Gasteiger partial charge in [0.05, 0.1) is 11.4 Å². The molecule has 9 nitrogen and oxygen atoms in total. The first-order valence-corrected chi connectivity index (χ1v) is 13.5. The van der Waals surface area contributed by atoms with Crippen LogP contribution in [0.25, 0.3) is 5.69 Å². The number of piperidine rings is 1. The summed E-state index contributed by atoms with van der Waals surface area (Å²) in [6.07, 6.45) is 0.947. The summed E-state index contributed by atoms with van der Waals surface area (Å²) in [6.45, 7) is 5.49.